The number of hydrogen-bond acceptors (Lipinski definition) is 4. The lowest BCUT2D eigenvalue weighted by atomic mass is 9.40. The Morgan fingerprint density at radius 3 is 2.44 bits per heavy atom. The Kier molecular flexibility index (Phi) is 7.65. The van der Waals surface area contributed by atoms with Crippen LogP contribution in [0.15, 0.2) is 60.1 Å². The molecule has 0 aromatic carbocycles. The second kappa shape index (κ2) is 10.1. The van der Waals surface area contributed by atoms with Crippen molar-refractivity contribution in [3.05, 3.63) is 60.1 Å². The summed E-state index contributed by atoms with van der Waals surface area (Å²) in [4.78, 5) is 14.4. The molecule has 4 aliphatic rings. The molecule has 0 amide bonds. The van der Waals surface area contributed by atoms with Gasteiger partial charge in [-0.1, -0.05) is 72.9 Å². The van der Waals surface area contributed by atoms with Crippen LogP contribution in [-0.2, 0) is 4.79 Å². The molecular weight excluding hydrogens is 480 g/mol. The van der Waals surface area contributed by atoms with E-state index in [2.05, 4.69) is 71.8 Å². The minimum Gasteiger partial charge on any atom is -0.511 e. The number of nitrogens with one attached hydrogen (secondary N) is 1. The first kappa shape index (κ1) is 29.4. The molecular formula is C35H50N2O2. The van der Waals surface area contributed by atoms with E-state index in [1.807, 2.05) is 13.0 Å². The molecule has 0 radical (unpaired) electrons. The van der Waals surface area contributed by atoms with Gasteiger partial charge >= 0.3 is 0 Å². The summed E-state index contributed by atoms with van der Waals surface area (Å²) in [6.07, 6.45) is 12.2. The van der Waals surface area contributed by atoms with Gasteiger partial charge in [-0.3, -0.25) is 4.79 Å². The van der Waals surface area contributed by atoms with Gasteiger partial charge in [-0.2, -0.15) is 5.26 Å². The molecule has 3 fully saturated rings. The normalized spacial score (nSPS) is 39.3. The fourth-order valence-electron chi connectivity index (χ4n) is 9.01. The van der Waals surface area contributed by atoms with Crippen LogP contribution < -0.4 is 5.32 Å². The Morgan fingerprint density at radius 2 is 1.82 bits per heavy atom. The molecule has 4 rings (SSSR count). The van der Waals surface area contributed by atoms with Crippen LogP contribution in [0.1, 0.15) is 92.9 Å². The third-order valence-electron chi connectivity index (χ3n) is 11.7. The summed E-state index contributed by atoms with van der Waals surface area (Å²) in [6, 6.07) is 2.41. The van der Waals surface area contributed by atoms with Gasteiger partial charge < -0.3 is 10.4 Å². The van der Waals surface area contributed by atoms with E-state index in [9.17, 15) is 15.2 Å². The van der Waals surface area contributed by atoms with E-state index in [1.165, 1.54) is 5.57 Å². The summed E-state index contributed by atoms with van der Waals surface area (Å²) in [5, 5.41) is 23.2. The predicted octanol–water partition coefficient (Wildman–Crippen LogP) is 8.37. The SMILES string of the molecule is C=C(O)CNC(=C)C12CCC3C(C(=O)C=C4C(C)(/C=C(/C#N)C(=C)CC)C(C)CCC43C)C1CC(C)(C)CC2. The van der Waals surface area contributed by atoms with Crippen molar-refractivity contribution < 1.29 is 9.90 Å². The largest absolute Gasteiger partial charge is 0.511 e. The first-order valence-electron chi connectivity index (χ1n) is 15.0. The van der Waals surface area contributed by atoms with Gasteiger partial charge in [0.15, 0.2) is 5.78 Å². The van der Waals surface area contributed by atoms with E-state index in [-0.39, 0.29) is 51.0 Å². The summed E-state index contributed by atoms with van der Waals surface area (Å²) in [5.41, 5.74) is 3.29. The van der Waals surface area contributed by atoms with Crippen LogP contribution in [0.4, 0.5) is 0 Å². The van der Waals surface area contributed by atoms with Gasteiger partial charge in [0, 0.05) is 22.4 Å². The zero-order valence-corrected chi connectivity index (χ0v) is 25.3. The van der Waals surface area contributed by atoms with Crippen LogP contribution in [0.3, 0.4) is 0 Å². The summed E-state index contributed by atoms with van der Waals surface area (Å²) in [5.74, 6) is 1.16. The number of carbonyl (C=O) groups excluding carboxylic acids is 1. The Labute approximate surface area is 237 Å². The monoisotopic (exact) mass is 530 g/mol. The van der Waals surface area contributed by atoms with E-state index in [0.717, 1.165) is 62.6 Å². The number of fused-ring (bicyclic) bond motifs is 5. The molecule has 39 heavy (non-hydrogen) atoms. The number of aliphatic hydroxyl groups is 1. The molecule has 4 nitrogen and oxygen atoms in total. The van der Waals surface area contributed by atoms with E-state index in [0.29, 0.717) is 18.0 Å². The molecule has 0 aromatic heterocycles. The lowest BCUT2D eigenvalue weighted by molar-refractivity contribution is -0.141. The van der Waals surface area contributed by atoms with Crippen molar-refractivity contribution in [1.82, 2.24) is 5.32 Å². The predicted molar refractivity (Wildman–Crippen MR) is 160 cm³/mol. The number of carbonyl (C=O) groups is 1. The van der Waals surface area contributed by atoms with E-state index < -0.39 is 0 Å². The molecule has 2 N–H and O–H groups in total. The standard InChI is InChI=1S/C35H50N2O2/c1-10-22(2)26(20-36)18-34(9)23(3)11-13-33(8)27-12-14-35(25(5)37-21-24(4)38)16-15-32(6,7)19-28(35)31(27)29(39)17-30(33)34/h17-18,23,27-28,31,37-38H,2,4-5,10-16,19,21H2,1,3,6-9H3/b26-18-. The maximum Gasteiger partial charge on any atom is 0.159 e. The minimum absolute atomic E-state index is 0.0365. The van der Waals surface area contributed by atoms with Crippen molar-refractivity contribution in [3.63, 3.8) is 0 Å². The molecule has 0 bridgehead atoms. The lowest BCUT2D eigenvalue weighted by Crippen LogP contribution is -2.59. The second-order valence-corrected chi connectivity index (χ2v) is 14.4. The van der Waals surface area contributed by atoms with E-state index in [4.69, 9.17) is 0 Å². The summed E-state index contributed by atoms with van der Waals surface area (Å²) < 4.78 is 0. The van der Waals surface area contributed by atoms with Gasteiger partial charge in [-0.05, 0) is 91.6 Å². The topological polar surface area (TPSA) is 73.1 Å². The first-order valence-corrected chi connectivity index (χ1v) is 15.0. The third-order valence-corrected chi connectivity index (χ3v) is 11.7. The fraction of sp³-hybridized carbons (Fsp3) is 0.657. The van der Waals surface area contributed by atoms with Crippen LogP contribution in [0.25, 0.3) is 0 Å². The number of hydrogen-bond donors (Lipinski definition) is 2. The smallest absolute Gasteiger partial charge is 0.159 e. The minimum atomic E-state index is -0.357. The fourth-order valence-corrected chi connectivity index (χ4v) is 9.01. The highest BCUT2D eigenvalue weighted by Gasteiger charge is 2.63. The maximum atomic E-state index is 14.4. The Morgan fingerprint density at radius 1 is 1.13 bits per heavy atom. The van der Waals surface area contributed by atoms with Crippen LogP contribution in [0.2, 0.25) is 0 Å². The third kappa shape index (κ3) is 4.75. The molecule has 0 heterocycles. The number of allylic oxidation sites excluding steroid dienone is 6. The molecule has 3 saturated carbocycles. The molecule has 4 aliphatic carbocycles. The molecule has 7 unspecified atom stereocenters. The number of nitriles is 1. The summed E-state index contributed by atoms with van der Waals surface area (Å²) in [7, 11) is 0. The Bertz CT molecular complexity index is 1180. The summed E-state index contributed by atoms with van der Waals surface area (Å²) in [6.45, 7) is 26.3. The van der Waals surface area contributed by atoms with Crippen molar-refractivity contribution in [3.8, 4) is 6.07 Å². The number of ketones is 1. The summed E-state index contributed by atoms with van der Waals surface area (Å²) >= 11 is 0. The highest BCUT2D eigenvalue weighted by Crippen LogP contribution is 2.69. The van der Waals surface area contributed by atoms with E-state index in [1.54, 1.807) is 0 Å². The molecule has 4 heteroatoms. The van der Waals surface area contributed by atoms with Crippen LogP contribution >= 0.6 is 0 Å². The van der Waals surface area contributed by atoms with Gasteiger partial charge in [0.1, 0.15) is 5.76 Å². The molecule has 7 atom stereocenters. The van der Waals surface area contributed by atoms with Crippen LogP contribution in [-0.4, -0.2) is 17.4 Å². The maximum absolute atomic E-state index is 14.4. The van der Waals surface area contributed by atoms with Crippen molar-refractivity contribution in [2.24, 2.45) is 45.3 Å². The van der Waals surface area contributed by atoms with Crippen molar-refractivity contribution in [2.45, 2.75) is 92.9 Å². The average Bonchev–Trinajstić information content (AvgIpc) is 2.88. The van der Waals surface area contributed by atoms with Gasteiger partial charge in [0.25, 0.3) is 0 Å². The number of aliphatic hydroxyl groups excluding tert-OH is 1. The zero-order chi connectivity index (χ0) is 29.0. The Balaban J connectivity index is 1.82. The highest BCUT2D eigenvalue weighted by atomic mass is 16.3. The molecule has 0 aliphatic heterocycles. The zero-order valence-electron chi connectivity index (χ0n) is 25.3. The van der Waals surface area contributed by atoms with Gasteiger partial charge in [-0.15, -0.1) is 0 Å². The van der Waals surface area contributed by atoms with Gasteiger partial charge in [0.05, 0.1) is 18.2 Å². The number of rotatable bonds is 7. The highest BCUT2D eigenvalue weighted by molar-refractivity contribution is 5.95. The van der Waals surface area contributed by atoms with Crippen molar-refractivity contribution >= 4 is 5.78 Å². The molecule has 0 spiro atoms. The molecule has 0 saturated heterocycles. The first-order chi connectivity index (χ1) is 18.1. The van der Waals surface area contributed by atoms with Crippen molar-refractivity contribution in [1.29, 1.82) is 5.26 Å². The quantitative estimate of drug-likeness (QED) is 0.197. The molecule has 0 aromatic rings. The number of nitrogens with zero attached hydrogens (tertiary/aromatic N) is 1. The van der Waals surface area contributed by atoms with E-state index >= 15 is 0 Å². The van der Waals surface area contributed by atoms with Gasteiger partial charge in [0.2, 0.25) is 0 Å². The van der Waals surface area contributed by atoms with Gasteiger partial charge in [-0.25, -0.2) is 0 Å². The van der Waals surface area contributed by atoms with Crippen LogP contribution in [0.5, 0.6) is 0 Å². The Hall–Kier alpha value is -2.54. The average molecular weight is 531 g/mol. The molecule has 212 valence electrons. The van der Waals surface area contributed by atoms with Crippen molar-refractivity contribution in [2.75, 3.05) is 6.54 Å². The van der Waals surface area contributed by atoms with Crippen LogP contribution in [0, 0.1) is 56.7 Å². The lowest BCUT2D eigenvalue weighted by Gasteiger charge is -2.64. The second-order valence-electron chi connectivity index (χ2n) is 14.4.